The Kier molecular flexibility index (Phi) is 5.99. The Morgan fingerprint density at radius 3 is 2.30 bits per heavy atom. The Morgan fingerprint density at radius 2 is 1.61 bits per heavy atom. The maximum atomic E-state index is 13.2. The van der Waals surface area contributed by atoms with Crippen LogP contribution in [0.15, 0.2) is 66.0 Å². The van der Waals surface area contributed by atoms with Crippen molar-refractivity contribution in [2.24, 2.45) is 5.92 Å². The first-order chi connectivity index (χ1) is 16.0. The van der Waals surface area contributed by atoms with E-state index in [1.54, 1.807) is 18.3 Å². The minimum absolute atomic E-state index is 0.0215. The Hall–Kier alpha value is -3.04. The smallest absolute Gasteiger partial charge is 0.243 e. The number of aromatic nitrogens is 2. The predicted molar refractivity (Wildman–Crippen MR) is 126 cm³/mol. The molecule has 2 aromatic carbocycles. The van der Waals surface area contributed by atoms with E-state index in [2.05, 4.69) is 14.9 Å². The number of piperidine rings is 1. The highest BCUT2D eigenvalue weighted by Crippen LogP contribution is 2.26. The molecule has 0 saturated carbocycles. The second-order valence-corrected chi connectivity index (χ2v) is 10.5. The molecule has 5 rings (SSSR count). The monoisotopic (exact) mass is 465 g/mol. The zero-order valence-electron chi connectivity index (χ0n) is 18.4. The van der Waals surface area contributed by atoms with Crippen LogP contribution < -0.4 is 4.90 Å². The number of amides is 1. The summed E-state index contributed by atoms with van der Waals surface area (Å²) in [6.07, 6.45) is 4.82. The molecule has 9 heteroatoms. The van der Waals surface area contributed by atoms with Crippen molar-refractivity contribution in [3.63, 3.8) is 0 Å². The third kappa shape index (κ3) is 4.43. The molecule has 8 nitrogen and oxygen atoms in total. The summed E-state index contributed by atoms with van der Waals surface area (Å²) in [6, 6.07) is 14.9. The summed E-state index contributed by atoms with van der Waals surface area (Å²) < 4.78 is 27.9. The molecule has 2 aliphatic heterocycles. The quantitative estimate of drug-likeness (QED) is 0.588. The fraction of sp³-hybridized carbons (Fsp3) is 0.375. The van der Waals surface area contributed by atoms with Crippen LogP contribution in [0.3, 0.4) is 0 Å². The molecule has 2 saturated heterocycles. The average molecular weight is 466 g/mol. The summed E-state index contributed by atoms with van der Waals surface area (Å²) in [7, 11) is -3.59. The van der Waals surface area contributed by atoms with E-state index in [1.807, 2.05) is 41.3 Å². The molecule has 0 N–H and O–H groups in total. The topological polar surface area (TPSA) is 86.7 Å². The van der Waals surface area contributed by atoms with Crippen LogP contribution in [0.1, 0.15) is 12.8 Å². The van der Waals surface area contributed by atoms with Crippen molar-refractivity contribution in [1.29, 1.82) is 0 Å². The van der Waals surface area contributed by atoms with Crippen LogP contribution in [0.25, 0.3) is 10.8 Å². The number of hydrogen-bond acceptors (Lipinski definition) is 6. The largest absolute Gasteiger partial charge is 0.356 e. The molecule has 0 aliphatic carbocycles. The number of anilines is 1. The van der Waals surface area contributed by atoms with E-state index < -0.39 is 10.0 Å². The maximum Gasteiger partial charge on any atom is 0.243 e. The molecule has 0 radical (unpaired) electrons. The standard InChI is InChI=1S/C24H27N5O3S/c30-24(20-8-11-27(12-9-20)23-7-10-25-18-26-23)28-13-15-29(16-14-28)33(31,32)22-6-5-19-3-1-2-4-21(19)17-22/h1-7,10,17-18,20H,8-9,11-16H2. The number of piperazine rings is 1. The third-order valence-electron chi connectivity index (χ3n) is 6.64. The van der Waals surface area contributed by atoms with Gasteiger partial charge in [-0.1, -0.05) is 30.3 Å². The van der Waals surface area contributed by atoms with E-state index in [0.717, 1.165) is 42.5 Å². The molecule has 3 heterocycles. The van der Waals surface area contributed by atoms with E-state index in [9.17, 15) is 13.2 Å². The van der Waals surface area contributed by atoms with Crippen molar-refractivity contribution in [3.05, 3.63) is 61.1 Å². The van der Waals surface area contributed by atoms with Crippen LogP contribution in [-0.4, -0.2) is 72.8 Å². The Balaban J connectivity index is 1.18. The number of carbonyl (C=O) groups is 1. The summed E-state index contributed by atoms with van der Waals surface area (Å²) in [5.41, 5.74) is 0. The molecule has 3 aromatic rings. The molecule has 2 aliphatic rings. The fourth-order valence-electron chi connectivity index (χ4n) is 4.71. The zero-order valence-corrected chi connectivity index (χ0v) is 19.2. The second-order valence-electron chi connectivity index (χ2n) is 8.57. The lowest BCUT2D eigenvalue weighted by atomic mass is 9.95. The molecule has 172 valence electrons. The number of carbonyl (C=O) groups excluding carboxylic acids is 1. The number of hydrogen-bond donors (Lipinski definition) is 0. The van der Waals surface area contributed by atoms with Gasteiger partial charge in [0.1, 0.15) is 12.1 Å². The Morgan fingerprint density at radius 1 is 0.879 bits per heavy atom. The molecule has 0 unspecified atom stereocenters. The average Bonchev–Trinajstić information content (AvgIpc) is 2.88. The molecule has 1 amide bonds. The van der Waals surface area contributed by atoms with Gasteiger partial charge in [-0.2, -0.15) is 4.31 Å². The van der Waals surface area contributed by atoms with Crippen LogP contribution in [0.4, 0.5) is 5.82 Å². The Bertz CT molecular complexity index is 1240. The van der Waals surface area contributed by atoms with Gasteiger partial charge in [0.2, 0.25) is 15.9 Å². The number of nitrogens with zero attached hydrogens (tertiary/aromatic N) is 5. The maximum absolute atomic E-state index is 13.2. The van der Waals surface area contributed by atoms with E-state index in [-0.39, 0.29) is 11.8 Å². The van der Waals surface area contributed by atoms with Gasteiger partial charge in [-0.3, -0.25) is 4.79 Å². The molecular weight excluding hydrogens is 438 g/mol. The lowest BCUT2D eigenvalue weighted by Crippen LogP contribution is -2.52. The molecule has 2 fully saturated rings. The minimum atomic E-state index is -3.59. The summed E-state index contributed by atoms with van der Waals surface area (Å²) >= 11 is 0. The highest BCUT2D eigenvalue weighted by Gasteiger charge is 2.34. The minimum Gasteiger partial charge on any atom is -0.356 e. The number of benzene rings is 2. The van der Waals surface area contributed by atoms with Gasteiger partial charge in [0.25, 0.3) is 0 Å². The van der Waals surface area contributed by atoms with Gasteiger partial charge in [0.15, 0.2) is 0 Å². The molecule has 0 spiro atoms. The summed E-state index contributed by atoms with van der Waals surface area (Å²) in [6.45, 7) is 3.06. The number of rotatable bonds is 4. The highest BCUT2D eigenvalue weighted by atomic mass is 32.2. The number of fused-ring (bicyclic) bond motifs is 1. The fourth-order valence-corrected chi connectivity index (χ4v) is 6.17. The van der Waals surface area contributed by atoms with Gasteiger partial charge in [-0.05, 0) is 41.8 Å². The van der Waals surface area contributed by atoms with Crippen LogP contribution in [0.2, 0.25) is 0 Å². The van der Waals surface area contributed by atoms with Crippen LogP contribution >= 0.6 is 0 Å². The van der Waals surface area contributed by atoms with Crippen molar-refractivity contribution in [2.75, 3.05) is 44.2 Å². The SMILES string of the molecule is O=C(C1CCN(c2ccncn2)CC1)N1CCN(S(=O)(=O)c2ccc3ccccc3c2)CC1. The van der Waals surface area contributed by atoms with E-state index in [1.165, 1.54) is 10.6 Å². The van der Waals surface area contributed by atoms with Gasteiger partial charge in [-0.25, -0.2) is 18.4 Å². The molecule has 0 bridgehead atoms. The molecule has 1 aromatic heterocycles. The Labute approximate surface area is 193 Å². The first-order valence-electron chi connectivity index (χ1n) is 11.3. The molecular formula is C24H27N5O3S. The van der Waals surface area contributed by atoms with Crippen molar-refractivity contribution < 1.29 is 13.2 Å². The zero-order chi connectivity index (χ0) is 22.8. The van der Waals surface area contributed by atoms with Crippen molar-refractivity contribution >= 4 is 32.5 Å². The van der Waals surface area contributed by atoms with E-state index in [4.69, 9.17) is 0 Å². The highest BCUT2D eigenvalue weighted by molar-refractivity contribution is 7.89. The van der Waals surface area contributed by atoms with E-state index >= 15 is 0 Å². The van der Waals surface area contributed by atoms with Gasteiger partial charge in [0.05, 0.1) is 4.90 Å². The normalized spacial score (nSPS) is 18.5. The summed E-state index contributed by atoms with van der Waals surface area (Å²) in [5.74, 6) is 1.01. The van der Waals surface area contributed by atoms with Crippen LogP contribution in [-0.2, 0) is 14.8 Å². The van der Waals surface area contributed by atoms with Gasteiger partial charge >= 0.3 is 0 Å². The lowest BCUT2D eigenvalue weighted by Gasteiger charge is -2.38. The first kappa shape index (κ1) is 21.8. The van der Waals surface area contributed by atoms with Crippen LogP contribution in [0, 0.1) is 5.92 Å². The second kappa shape index (κ2) is 9.07. The van der Waals surface area contributed by atoms with Gasteiger partial charge in [0, 0.05) is 51.4 Å². The van der Waals surface area contributed by atoms with Crippen molar-refractivity contribution in [1.82, 2.24) is 19.2 Å². The van der Waals surface area contributed by atoms with Crippen molar-refractivity contribution in [2.45, 2.75) is 17.7 Å². The summed E-state index contributed by atoms with van der Waals surface area (Å²) in [4.78, 5) is 25.6. The van der Waals surface area contributed by atoms with Gasteiger partial charge in [-0.15, -0.1) is 0 Å². The first-order valence-corrected chi connectivity index (χ1v) is 12.7. The van der Waals surface area contributed by atoms with Gasteiger partial charge < -0.3 is 9.80 Å². The third-order valence-corrected chi connectivity index (χ3v) is 8.54. The summed E-state index contributed by atoms with van der Waals surface area (Å²) in [5, 5.41) is 1.92. The van der Waals surface area contributed by atoms with Crippen molar-refractivity contribution in [3.8, 4) is 0 Å². The molecule has 0 atom stereocenters. The molecule has 33 heavy (non-hydrogen) atoms. The predicted octanol–water partition coefficient (Wildman–Crippen LogP) is 2.38. The number of sulfonamides is 1. The van der Waals surface area contributed by atoms with Crippen LogP contribution in [0.5, 0.6) is 0 Å². The lowest BCUT2D eigenvalue weighted by molar-refractivity contribution is -0.137. The van der Waals surface area contributed by atoms with E-state index in [0.29, 0.717) is 31.1 Å².